The van der Waals surface area contributed by atoms with Gasteiger partial charge in [-0.15, -0.1) is 11.3 Å². The average molecular weight is 407 g/mol. The second kappa shape index (κ2) is 7.19. The largest absolute Gasteiger partial charge is 0.546 e. The first-order valence-corrected chi connectivity index (χ1v) is 8.84. The fraction of sp³-hybridized carbons (Fsp3) is 0.176. The Labute approximate surface area is 151 Å². The van der Waals surface area contributed by atoms with Gasteiger partial charge in [-0.3, -0.25) is 0 Å². The first-order valence-electron chi connectivity index (χ1n) is 7.23. The Morgan fingerprint density at radius 1 is 1.29 bits per heavy atom. The topological polar surface area (TPSA) is 71.5 Å². The van der Waals surface area contributed by atoms with Gasteiger partial charge in [0.1, 0.15) is 11.6 Å². The summed E-state index contributed by atoms with van der Waals surface area (Å²) in [6.07, 6.45) is 0. The Bertz CT molecular complexity index is 860. The van der Waals surface area contributed by atoms with Crippen molar-refractivity contribution in [3.05, 3.63) is 40.9 Å². The van der Waals surface area contributed by atoms with Crippen LogP contribution in [0.1, 0.15) is 6.92 Å². The molecule has 0 aliphatic carbocycles. The van der Waals surface area contributed by atoms with Gasteiger partial charge in [0.25, 0.3) is 0 Å². The highest BCUT2D eigenvalue weighted by Crippen LogP contribution is 2.41. The summed E-state index contributed by atoms with van der Waals surface area (Å²) in [4.78, 5) is 15.3. The maximum absolute atomic E-state index is 10.6. The van der Waals surface area contributed by atoms with Crippen molar-refractivity contribution in [3.8, 4) is 22.1 Å². The van der Waals surface area contributed by atoms with Gasteiger partial charge < -0.3 is 19.4 Å². The van der Waals surface area contributed by atoms with Crippen LogP contribution in [0.3, 0.4) is 0 Å². The fourth-order valence-electron chi connectivity index (χ4n) is 2.22. The molecule has 0 fully saturated rings. The third-order valence-corrected chi connectivity index (χ3v) is 4.86. The molecule has 0 saturated heterocycles. The number of benzene rings is 2. The lowest BCUT2D eigenvalue weighted by Gasteiger charge is -2.15. The van der Waals surface area contributed by atoms with Crippen LogP contribution < -0.4 is 14.6 Å². The third-order valence-electron chi connectivity index (χ3n) is 3.18. The summed E-state index contributed by atoms with van der Waals surface area (Å²) in [6, 6.07) is 11.5. The molecule has 1 heterocycles. The highest BCUT2D eigenvalue weighted by molar-refractivity contribution is 9.10. The van der Waals surface area contributed by atoms with Gasteiger partial charge >= 0.3 is 0 Å². The maximum atomic E-state index is 10.6. The molecule has 0 N–H and O–H groups in total. The summed E-state index contributed by atoms with van der Waals surface area (Å²) in [7, 11) is 0. The minimum Gasteiger partial charge on any atom is -0.546 e. The normalized spacial score (nSPS) is 10.8. The predicted molar refractivity (Wildman–Crippen MR) is 94.4 cm³/mol. The summed E-state index contributed by atoms with van der Waals surface area (Å²) in [5.41, 5.74) is 1.80. The number of aliphatic carboxylic acids is 1. The van der Waals surface area contributed by atoms with Crippen molar-refractivity contribution in [2.75, 3.05) is 13.2 Å². The van der Waals surface area contributed by atoms with Crippen LogP contribution in [0.25, 0.3) is 20.8 Å². The fourth-order valence-corrected chi connectivity index (χ4v) is 3.73. The smallest absolute Gasteiger partial charge is 0.175 e. The number of para-hydroxylation sites is 1. The number of fused-ring (bicyclic) bond motifs is 1. The number of carbonyl (C=O) groups excluding carboxylic acids is 1. The van der Waals surface area contributed by atoms with Gasteiger partial charge in [0, 0.05) is 5.56 Å². The standard InChI is InChI=1S/C17H14BrNO4S/c1-2-22-13-8-10(7-11(18)16(13)23-9-15(20)21)17-19-12-5-3-4-6-14(12)24-17/h3-8H,2,9H2,1H3,(H,20,21)/p-1. The third kappa shape index (κ3) is 3.52. The summed E-state index contributed by atoms with van der Waals surface area (Å²) < 4.78 is 12.6. The van der Waals surface area contributed by atoms with Crippen molar-refractivity contribution in [2.24, 2.45) is 0 Å². The number of carboxylic acids is 1. The van der Waals surface area contributed by atoms with Gasteiger partial charge in [0.05, 0.1) is 27.3 Å². The number of rotatable bonds is 6. The van der Waals surface area contributed by atoms with Crippen molar-refractivity contribution < 1.29 is 19.4 Å². The molecule has 24 heavy (non-hydrogen) atoms. The molecule has 2 aromatic carbocycles. The maximum Gasteiger partial charge on any atom is 0.175 e. The number of nitrogens with zero attached hydrogens (tertiary/aromatic N) is 1. The molecule has 0 atom stereocenters. The first-order chi connectivity index (χ1) is 11.6. The highest BCUT2D eigenvalue weighted by atomic mass is 79.9. The second-order valence-corrected chi connectivity index (χ2v) is 6.75. The molecule has 1 aromatic heterocycles. The van der Waals surface area contributed by atoms with Gasteiger partial charge in [-0.2, -0.15) is 0 Å². The van der Waals surface area contributed by atoms with Crippen molar-refractivity contribution in [1.82, 2.24) is 4.98 Å². The van der Waals surface area contributed by atoms with Crippen LogP contribution >= 0.6 is 27.3 Å². The van der Waals surface area contributed by atoms with Crippen molar-refractivity contribution in [1.29, 1.82) is 0 Å². The van der Waals surface area contributed by atoms with Crippen molar-refractivity contribution in [3.63, 3.8) is 0 Å². The summed E-state index contributed by atoms with van der Waals surface area (Å²) in [5, 5.41) is 11.5. The van der Waals surface area contributed by atoms with Crippen LogP contribution in [0.4, 0.5) is 0 Å². The van der Waals surface area contributed by atoms with Gasteiger partial charge in [0.2, 0.25) is 0 Å². The number of carboxylic acid groups (broad SMARTS) is 1. The number of thiazole rings is 1. The number of ether oxygens (including phenoxy) is 2. The van der Waals surface area contributed by atoms with Crippen LogP contribution in [0, 0.1) is 0 Å². The quantitative estimate of drug-likeness (QED) is 0.628. The molecule has 124 valence electrons. The lowest BCUT2D eigenvalue weighted by Crippen LogP contribution is -2.29. The molecule has 0 amide bonds. The Kier molecular flexibility index (Phi) is 5.01. The van der Waals surface area contributed by atoms with Crippen LogP contribution in [0.2, 0.25) is 0 Å². The number of hydrogen-bond acceptors (Lipinski definition) is 6. The van der Waals surface area contributed by atoms with Gasteiger partial charge in [0.15, 0.2) is 11.5 Å². The number of carbonyl (C=O) groups is 1. The van der Waals surface area contributed by atoms with E-state index >= 15 is 0 Å². The predicted octanol–water partition coefficient (Wildman–Crippen LogP) is 3.25. The molecule has 0 aliphatic heterocycles. The summed E-state index contributed by atoms with van der Waals surface area (Å²) in [5.74, 6) is -0.493. The van der Waals surface area contributed by atoms with Crippen molar-refractivity contribution >= 4 is 43.5 Å². The van der Waals surface area contributed by atoms with E-state index in [4.69, 9.17) is 9.47 Å². The molecule has 0 bridgehead atoms. The molecule has 0 spiro atoms. The molecule has 5 nitrogen and oxygen atoms in total. The van der Waals surface area contributed by atoms with E-state index in [0.29, 0.717) is 22.6 Å². The zero-order chi connectivity index (χ0) is 17.1. The highest BCUT2D eigenvalue weighted by Gasteiger charge is 2.15. The molecule has 0 saturated carbocycles. The van der Waals surface area contributed by atoms with E-state index in [-0.39, 0.29) is 0 Å². The number of aromatic nitrogens is 1. The van der Waals surface area contributed by atoms with E-state index in [1.54, 1.807) is 17.4 Å². The molecule has 0 aliphatic rings. The Morgan fingerprint density at radius 3 is 2.79 bits per heavy atom. The molecular formula is C17H13BrNO4S-. The SMILES string of the molecule is CCOc1cc(-c2nc3ccccc3s2)cc(Br)c1OCC(=O)[O-]. The van der Waals surface area contributed by atoms with E-state index in [0.717, 1.165) is 20.8 Å². The monoisotopic (exact) mass is 406 g/mol. The van der Waals surface area contributed by atoms with Gasteiger partial charge in [-0.05, 0) is 47.1 Å². The molecule has 3 rings (SSSR count). The van der Waals surface area contributed by atoms with E-state index in [9.17, 15) is 9.90 Å². The zero-order valence-corrected chi connectivity index (χ0v) is 15.1. The lowest BCUT2D eigenvalue weighted by atomic mass is 10.2. The average Bonchev–Trinajstić information content (AvgIpc) is 2.98. The molecule has 7 heteroatoms. The van der Waals surface area contributed by atoms with E-state index in [2.05, 4.69) is 20.9 Å². The van der Waals surface area contributed by atoms with Crippen LogP contribution in [0.5, 0.6) is 11.5 Å². The molecule has 0 radical (unpaired) electrons. The number of hydrogen-bond donors (Lipinski definition) is 0. The number of halogens is 1. The van der Waals surface area contributed by atoms with E-state index in [1.807, 2.05) is 37.3 Å². The Hall–Kier alpha value is -2.12. The lowest BCUT2D eigenvalue weighted by molar-refractivity contribution is -0.307. The first kappa shape index (κ1) is 16.7. The zero-order valence-electron chi connectivity index (χ0n) is 12.7. The van der Waals surface area contributed by atoms with Crippen LogP contribution in [-0.2, 0) is 4.79 Å². The Morgan fingerprint density at radius 2 is 2.08 bits per heavy atom. The van der Waals surface area contributed by atoms with Crippen LogP contribution in [-0.4, -0.2) is 24.2 Å². The van der Waals surface area contributed by atoms with Gasteiger partial charge in [-0.25, -0.2) is 4.98 Å². The minimum atomic E-state index is -1.29. The molecule has 3 aromatic rings. The van der Waals surface area contributed by atoms with Gasteiger partial charge in [-0.1, -0.05) is 12.1 Å². The second-order valence-electron chi connectivity index (χ2n) is 4.87. The summed E-state index contributed by atoms with van der Waals surface area (Å²) >= 11 is 5.00. The Balaban J connectivity index is 2.03. The van der Waals surface area contributed by atoms with Crippen molar-refractivity contribution in [2.45, 2.75) is 6.92 Å². The van der Waals surface area contributed by atoms with Crippen LogP contribution in [0.15, 0.2) is 40.9 Å². The summed E-state index contributed by atoms with van der Waals surface area (Å²) in [6.45, 7) is 1.73. The van der Waals surface area contributed by atoms with E-state index in [1.165, 1.54) is 0 Å². The van der Waals surface area contributed by atoms with E-state index < -0.39 is 12.6 Å². The minimum absolute atomic E-state index is 0.339. The molecule has 0 unspecified atom stereocenters. The molecular weight excluding hydrogens is 394 g/mol.